The number of benzene rings is 7. The maximum absolute atomic E-state index is 7.04. The summed E-state index contributed by atoms with van der Waals surface area (Å²) in [5, 5.41) is 2.10. The SMILES string of the molecule is Cc1ccc(-c2[c-]cccc2)nc1.Cc1cnc(-c2[c-]ccc3c2oc2c4c(ccc23)N2c3ccccc3N(c3ccccc3)c3cccc(c32)N4c2ccccc2)cc1C.[Ir]. The first-order chi connectivity index (χ1) is 30.0. The van der Waals surface area contributed by atoms with Gasteiger partial charge >= 0.3 is 0 Å². The molecule has 0 saturated heterocycles. The van der Waals surface area contributed by atoms with Crippen molar-refractivity contribution in [1.29, 1.82) is 0 Å². The first kappa shape index (κ1) is 38.9. The zero-order valence-corrected chi connectivity index (χ0v) is 36.7. The van der Waals surface area contributed by atoms with Crippen LogP contribution in [0.15, 0.2) is 187 Å². The Kier molecular flexibility index (Phi) is 9.99. The fourth-order valence-electron chi connectivity index (χ4n) is 8.58. The van der Waals surface area contributed by atoms with E-state index in [9.17, 15) is 0 Å². The second-order valence-electron chi connectivity index (χ2n) is 15.5. The molecule has 62 heavy (non-hydrogen) atoms. The molecular formula is C55H39IrN5O-2. The molecule has 0 atom stereocenters. The van der Waals surface area contributed by atoms with Crippen LogP contribution in [-0.4, -0.2) is 9.97 Å². The van der Waals surface area contributed by atoms with Gasteiger partial charge in [0, 0.05) is 49.3 Å². The number of hydrogen-bond donors (Lipinski definition) is 0. The van der Waals surface area contributed by atoms with Crippen LogP contribution in [0.5, 0.6) is 0 Å². The van der Waals surface area contributed by atoms with Crippen molar-refractivity contribution in [3.63, 3.8) is 0 Å². The Balaban J connectivity index is 0.000000281. The summed E-state index contributed by atoms with van der Waals surface area (Å²) >= 11 is 0. The van der Waals surface area contributed by atoms with Crippen LogP contribution in [0, 0.1) is 32.9 Å². The Morgan fingerprint density at radius 1 is 0.452 bits per heavy atom. The van der Waals surface area contributed by atoms with Crippen LogP contribution < -0.4 is 14.7 Å². The molecular weight excluding hydrogens is 939 g/mol. The van der Waals surface area contributed by atoms with E-state index < -0.39 is 0 Å². The molecule has 1 radical (unpaired) electrons. The molecule has 7 heteroatoms. The summed E-state index contributed by atoms with van der Waals surface area (Å²) in [4.78, 5) is 16.3. The van der Waals surface area contributed by atoms with E-state index in [4.69, 9.17) is 9.40 Å². The molecule has 6 nitrogen and oxygen atoms in total. The molecule has 10 aromatic rings. The van der Waals surface area contributed by atoms with Crippen molar-refractivity contribution in [2.24, 2.45) is 0 Å². The summed E-state index contributed by atoms with van der Waals surface area (Å²) in [7, 11) is 0. The summed E-state index contributed by atoms with van der Waals surface area (Å²) in [6.45, 7) is 6.24. The van der Waals surface area contributed by atoms with Crippen molar-refractivity contribution < 1.29 is 24.5 Å². The maximum Gasteiger partial charge on any atom is 0.147 e. The number of hydrogen-bond acceptors (Lipinski definition) is 6. The summed E-state index contributed by atoms with van der Waals surface area (Å²) in [6, 6.07) is 65.7. The maximum atomic E-state index is 7.04. The van der Waals surface area contributed by atoms with Crippen molar-refractivity contribution in [2.45, 2.75) is 20.8 Å². The monoisotopic (exact) mass is 978 g/mol. The van der Waals surface area contributed by atoms with Crippen molar-refractivity contribution in [1.82, 2.24) is 9.97 Å². The molecule has 0 fully saturated rings. The van der Waals surface area contributed by atoms with Gasteiger partial charge in [0.15, 0.2) is 0 Å². The second kappa shape index (κ2) is 15.9. The third-order valence-electron chi connectivity index (χ3n) is 11.6. The fourth-order valence-corrected chi connectivity index (χ4v) is 8.58. The molecule has 2 aliphatic heterocycles. The predicted molar refractivity (Wildman–Crippen MR) is 250 cm³/mol. The first-order valence-electron chi connectivity index (χ1n) is 20.5. The molecule has 7 aromatic carbocycles. The van der Waals surface area contributed by atoms with Gasteiger partial charge in [-0.25, -0.2) is 0 Å². The van der Waals surface area contributed by atoms with E-state index in [0.29, 0.717) is 0 Å². The molecule has 2 aliphatic rings. The fraction of sp³-hybridized carbons (Fsp3) is 0.0545. The number of aryl methyl sites for hydroxylation is 3. The van der Waals surface area contributed by atoms with Gasteiger partial charge in [-0.05, 0) is 104 Å². The number of anilines is 9. The Morgan fingerprint density at radius 2 is 1.08 bits per heavy atom. The number of nitrogens with zero attached hydrogens (tertiary/aromatic N) is 5. The summed E-state index contributed by atoms with van der Waals surface area (Å²) < 4.78 is 7.04. The average molecular weight is 978 g/mol. The predicted octanol–water partition coefficient (Wildman–Crippen LogP) is 15.0. The number of fused-ring (bicyclic) bond motifs is 8. The van der Waals surface area contributed by atoms with Crippen LogP contribution in [0.1, 0.15) is 16.7 Å². The molecule has 0 saturated carbocycles. The largest absolute Gasteiger partial charge is 0.498 e. The topological polar surface area (TPSA) is 48.6 Å². The van der Waals surface area contributed by atoms with Gasteiger partial charge in [0.25, 0.3) is 0 Å². The average Bonchev–Trinajstić information content (AvgIpc) is 3.71. The van der Waals surface area contributed by atoms with E-state index in [1.807, 2.05) is 55.7 Å². The van der Waals surface area contributed by atoms with Crippen LogP contribution in [0.25, 0.3) is 44.5 Å². The van der Waals surface area contributed by atoms with Crippen LogP contribution in [0.3, 0.4) is 0 Å². The molecule has 0 aliphatic carbocycles. The van der Waals surface area contributed by atoms with Gasteiger partial charge in [-0.1, -0.05) is 89.3 Å². The Labute approximate surface area is 374 Å². The van der Waals surface area contributed by atoms with Gasteiger partial charge in [-0.3, -0.25) is 0 Å². The Morgan fingerprint density at radius 3 is 1.77 bits per heavy atom. The minimum Gasteiger partial charge on any atom is -0.498 e. The molecule has 5 heterocycles. The van der Waals surface area contributed by atoms with Crippen LogP contribution >= 0.6 is 0 Å². The molecule has 3 aromatic heterocycles. The number of rotatable bonds is 4. The summed E-state index contributed by atoms with van der Waals surface area (Å²) in [6.07, 6.45) is 3.80. The number of pyridine rings is 2. The van der Waals surface area contributed by atoms with E-state index in [1.165, 1.54) is 11.1 Å². The van der Waals surface area contributed by atoms with Gasteiger partial charge in [0.05, 0.1) is 39.7 Å². The summed E-state index contributed by atoms with van der Waals surface area (Å²) in [5.74, 6) is 0. The van der Waals surface area contributed by atoms with Crippen molar-refractivity contribution >= 4 is 73.1 Å². The molecule has 301 valence electrons. The number of para-hydroxylation sites is 5. The van der Waals surface area contributed by atoms with Gasteiger partial charge in [-0.2, -0.15) is 0 Å². The van der Waals surface area contributed by atoms with Crippen LogP contribution in [0.2, 0.25) is 0 Å². The Hall–Kier alpha value is -7.31. The Bertz CT molecular complexity index is 3240. The standard InChI is InChI=1S/C43H29N4O.C12H10N.Ir/c1-27-25-34(44-26-28(27)2)33-18-11-17-31-32-23-24-39-41(43(32)48-42(31)33)46(30-15-7-4-8-16-30)38-22-12-21-37-40(38)47(39)36-20-10-9-19-35(36)45(37)29-13-5-3-6-14-29;1-10-7-8-12(13-9-10)11-5-3-2-4-6-11;/h3-17,19-26H,1-2H3;2-5,7-9H,1H3;/q2*-1;. The zero-order chi connectivity index (χ0) is 41.0. The van der Waals surface area contributed by atoms with E-state index in [0.717, 1.165) is 101 Å². The number of aromatic nitrogens is 2. The third kappa shape index (κ3) is 6.45. The molecule has 12 rings (SSSR count). The minimum atomic E-state index is 0. The van der Waals surface area contributed by atoms with Crippen molar-refractivity contribution in [3.05, 3.63) is 211 Å². The van der Waals surface area contributed by atoms with E-state index in [-0.39, 0.29) is 20.1 Å². The van der Waals surface area contributed by atoms with Crippen molar-refractivity contribution in [3.8, 4) is 22.5 Å². The van der Waals surface area contributed by atoms with Crippen LogP contribution in [0.4, 0.5) is 51.2 Å². The van der Waals surface area contributed by atoms with E-state index >= 15 is 0 Å². The quantitative estimate of drug-likeness (QED) is 0.164. The van der Waals surface area contributed by atoms with E-state index in [2.05, 4.69) is 179 Å². The normalized spacial score (nSPS) is 12.2. The molecule has 0 unspecified atom stereocenters. The number of furan rings is 1. The van der Waals surface area contributed by atoms with Gasteiger partial charge in [0.1, 0.15) is 11.3 Å². The molecule has 0 amide bonds. The molecule has 0 spiro atoms. The molecule has 0 bridgehead atoms. The van der Waals surface area contributed by atoms with Crippen LogP contribution in [-0.2, 0) is 20.1 Å². The smallest absolute Gasteiger partial charge is 0.147 e. The minimum absolute atomic E-state index is 0. The zero-order valence-electron chi connectivity index (χ0n) is 34.3. The van der Waals surface area contributed by atoms with E-state index in [1.54, 1.807) is 0 Å². The van der Waals surface area contributed by atoms with Gasteiger partial charge < -0.3 is 29.1 Å². The third-order valence-corrected chi connectivity index (χ3v) is 11.6. The van der Waals surface area contributed by atoms with Gasteiger partial charge in [0.2, 0.25) is 0 Å². The summed E-state index contributed by atoms with van der Waals surface area (Å²) in [5.41, 5.74) is 18.7. The first-order valence-corrected chi connectivity index (χ1v) is 20.5. The van der Waals surface area contributed by atoms with Crippen molar-refractivity contribution in [2.75, 3.05) is 14.7 Å². The van der Waals surface area contributed by atoms with Gasteiger partial charge in [-0.15, -0.1) is 54.1 Å². The second-order valence-corrected chi connectivity index (χ2v) is 15.5. The molecule has 0 N–H and O–H groups in total.